The van der Waals surface area contributed by atoms with E-state index in [9.17, 15) is 9.59 Å². The molecule has 1 heterocycles. The molecule has 0 aliphatic heterocycles. The second-order valence-electron chi connectivity index (χ2n) is 5.85. The summed E-state index contributed by atoms with van der Waals surface area (Å²) >= 11 is 0. The highest BCUT2D eigenvalue weighted by Crippen LogP contribution is 2.02. The topological polar surface area (TPSA) is 119 Å². The van der Waals surface area contributed by atoms with E-state index in [1.54, 1.807) is 25.1 Å². The molecule has 0 saturated carbocycles. The van der Waals surface area contributed by atoms with Crippen molar-refractivity contribution in [2.75, 3.05) is 13.2 Å². The van der Waals surface area contributed by atoms with E-state index >= 15 is 0 Å². The number of aryl methyl sites for hydroxylation is 1. The maximum absolute atomic E-state index is 12.3. The van der Waals surface area contributed by atoms with Crippen LogP contribution in [0.5, 0.6) is 0 Å². The third-order valence-electron chi connectivity index (χ3n) is 3.37. The maximum atomic E-state index is 12.3. The first kappa shape index (κ1) is 21.3. The number of amides is 2. The Bertz CT molecular complexity index is 666. The van der Waals surface area contributed by atoms with Crippen molar-refractivity contribution in [3.05, 3.63) is 41.4 Å². The number of hydrogen-bond acceptors (Lipinski definition) is 6. The van der Waals surface area contributed by atoms with E-state index in [-0.39, 0.29) is 17.5 Å². The number of aromatic nitrogens is 1. The second kappa shape index (κ2) is 11.0. The lowest BCUT2D eigenvalue weighted by Gasteiger charge is -2.12. The van der Waals surface area contributed by atoms with Gasteiger partial charge < -0.3 is 21.2 Å². The largest absolute Gasteiger partial charge is 0.379 e. The predicted molar refractivity (Wildman–Crippen MR) is 101 cm³/mol. The summed E-state index contributed by atoms with van der Waals surface area (Å²) in [5, 5.41) is 8.87. The molecule has 8 heteroatoms. The Hall–Kier alpha value is -2.74. The van der Waals surface area contributed by atoms with Gasteiger partial charge in [-0.25, -0.2) is 0 Å². The normalized spacial score (nSPS) is 12.2. The Morgan fingerprint density at radius 1 is 1.38 bits per heavy atom. The molecular weight excluding hydrogens is 334 g/mol. The zero-order valence-electron chi connectivity index (χ0n) is 15.7. The standard InChI is InChI=1S/C18H27N5O3/c1-5-15(22-17(24)14-8-7-13(4)21-11-14)16(23-19)18(25)20-9-6-10-26-12(2)3/h5,7-8,11-12H,6,9-10,19H2,1-4H3,(H,20,25)(H,22,24)/b15-5+,23-16+. The Morgan fingerprint density at radius 2 is 2.12 bits per heavy atom. The number of nitrogens with zero attached hydrogens (tertiary/aromatic N) is 2. The molecule has 0 atom stereocenters. The van der Waals surface area contributed by atoms with Crippen molar-refractivity contribution in [1.29, 1.82) is 0 Å². The van der Waals surface area contributed by atoms with Crippen LogP contribution >= 0.6 is 0 Å². The van der Waals surface area contributed by atoms with Gasteiger partial charge in [0.05, 0.1) is 17.4 Å². The second-order valence-corrected chi connectivity index (χ2v) is 5.85. The number of nitrogens with two attached hydrogens (primary N) is 1. The van der Waals surface area contributed by atoms with Crippen molar-refractivity contribution in [2.24, 2.45) is 10.9 Å². The number of carbonyl (C=O) groups is 2. The first-order chi connectivity index (χ1) is 12.4. The number of allylic oxidation sites excluding steroid dienone is 1. The van der Waals surface area contributed by atoms with Crippen molar-refractivity contribution in [3.8, 4) is 0 Å². The van der Waals surface area contributed by atoms with E-state index in [2.05, 4.69) is 20.7 Å². The van der Waals surface area contributed by atoms with Crippen LogP contribution in [0.2, 0.25) is 0 Å². The average Bonchev–Trinajstić information content (AvgIpc) is 2.61. The van der Waals surface area contributed by atoms with Crippen LogP contribution in [0.3, 0.4) is 0 Å². The summed E-state index contributed by atoms with van der Waals surface area (Å²) in [5.74, 6) is 4.49. The fourth-order valence-corrected chi connectivity index (χ4v) is 1.99. The number of hydrogen-bond donors (Lipinski definition) is 3. The molecule has 0 unspecified atom stereocenters. The zero-order chi connectivity index (χ0) is 19.5. The lowest BCUT2D eigenvalue weighted by molar-refractivity contribution is -0.114. The summed E-state index contributed by atoms with van der Waals surface area (Å²) < 4.78 is 5.41. The third kappa shape index (κ3) is 7.02. The lowest BCUT2D eigenvalue weighted by Crippen LogP contribution is -2.39. The fraction of sp³-hybridized carbons (Fsp3) is 0.444. The number of pyridine rings is 1. The minimum absolute atomic E-state index is 0.0503. The number of nitrogens with one attached hydrogen (secondary N) is 2. The van der Waals surface area contributed by atoms with Gasteiger partial charge in [-0.2, -0.15) is 5.10 Å². The molecule has 0 aromatic carbocycles. The number of ether oxygens (including phenoxy) is 1. The van der Waals surface area contributed by atoms with Gasteiger partial charge in [-0.1, -0.05) is 6.08 Å². The molecule has 0 aliphatic rings. The van der Waals surface area contributed by atoms with E-state index in [1.165, 1.54) is 6.20 Å². The SMILES string of the molecule is C/C=C(NC(=O)c1ccc(C)nc1)\C(=N/N)C(=O)NCCCOC(C)C. The molecule has 0 bridgehead atoms. The maximum Gasteiger partial charge on any atom is 0.273 e. The molecule has 1 rings (SSSR count). The quantitative estimate of drug-likeness (QED) is 0.265. The van der Waals surface area contributed by atoms with E-state index in [0.717, 1.165) is 5.69 Å². The van der Waals surface area contributed by atoms with Crippen molar-refractivity contribution in [3.63, 3.8) is 0 Å². The Morgan fingerprint density at radius 3 is 2.65 bits per heavy atom. The lowest BCUT2D eigenvalue weighted by atomic mass is 10.2. The Labute approximate surface area is 153 Å². The van der Waals surface area contributed by atoms with Gasteiger partial charge >= 0.3 is 0 Å². The van der Waals surface area contributed by atoms with Crippen molar-refractivity contribution >= 4 is 17.5 Å². The molecule has 8 nitrogen and oxygen atoms in total. The van der Waals surface area contributed by atoms with Gasteiger partial charge in [0, 0.05) is 25.0 Å². The number of hydrazone groups is 1. The molecule has 1 aromatic rings. The van der Waals surface area contributed by atoms with Gasteiger partial charge in [0.15, 0.2) is 5.71 Å². The number of carbonyl (C=O) groups excluding carboxylic acids is 2. The molecular formula is C18H27N5O3. The summed E-state index contributed by atoms with van der Waals surface area (Å²) in [6, 6.07) is 3.38. The number of rotatable bonds is 9. The summed E-state index contributed by atoms with van der Waals surface area (Å²) in [4.78, 5) is 28.6. The van der Waals surface area contributed by atoms with Crippen LogP contribution < -0.4 is 16.5 Å². The highest BCUT2D eigenvalue weighted by molar-refractivity contribution is 6.45. The van der Waals surface area contributed by atoms with Gasteiger partial charge in [0.1, 0.15) is 0 Å². The van der Waals surface area contributed by atoms with Crippen LogP contribution in [0.4, 0.5) is 0 Å². The van der Waals surface area contributed by atoms with Crippen molar-refractivity contribution < 1.29 is 14.3 Å². The van der Waals surface area contributed by atoms with Gasteiger partial charge in [0.2, 0.25) is 0 Å². The molecule has 26 heavy (non-hydrogen) atoms. The Kier molecular flexibility index (Phi) is 9.00. The molecule has 1 aromatic heterocycles. The smallest absolute Gasteiger partial charge is 0.273 e. The van der Waals surface area contributed by atoms with E-state index < -0.39 is 11.8 Å². The highest BCUT2D eigenvalue weighted by Gasteiger charge is 2.18. The predicted octanol–water partition coefficient (Wildman–Crippen LogP) is 1.27. The summed E-state index contributed by atoms with van der Waals surface area (Å²) in [5.41, 5.74) is 1.36. The molecule has 0 saturated heterocycles. The van der Waals surface area contributed by atoms with Crippen LogP contribution in [0.25, 0.3) is 0 Å². The minimum atomic E-state index is -0.465. The molecule has 4 N–H and O–H groups in total. The molecule has 0 radical (unpaired) electrons. The van der Waals surface area contributed by atoms with Crippen LogP contribution in [0, 0.1) is 6.92 Å². The summed E-state index contributed by atoms with van der Waals surface area (Å²) in [7, 11) is 0. The van der Waals surface area contributed by atoms with Crippen LogP contribution in [0.1, 0.15) is 43.2 Å². The molecule has 0 spiro atoms. The van der Waals surface area contributed by atoms with Gasteiger partial charge in [-0.3, -0.25) is 14.6 Å². The van der Waals surface area contributed by atoms with E-state index in [1.807, 2.05) is 20.8 Å². The van der Waals surface area contributed by atoms with E-state index in [0.29, 0.717) is 25.1 Å². The van der Waals surface area contributed by atoms with Gasteiger partial charge in [0.25, 0.3) is 11.8 Å². The first-order valence-corrected chi connectivity index (χ1v) is 8.47. The minimum Gasteiger partial charge on any atom is -0.379 e. The average molecular weight is 361 g/mol. The van der Waals surface area contributed by atoms with Crippen LogP contribution in [-0.2, 0) is 9.53 Å². The highest BCUT2D eigenvalue weighted by atomic mass is 16.5. The van der Waals surface area contributed by atoms with Gasteiger partial charge in [-0.05, 0) is 46.2 Å². The van der Waals surface area contributed by atoms with Gasteiger partial charge in [-0.15, -0.1) is 0 Å². The molecule has 0 aliphatic carbocycles. The molecule has 142 valence electrons. The monoisotopic (exact) mass is 361 g/mol. The fourth-order valence-electron chi connectivity index (χ4n) is 1.99. The van der Waals surface area contributed by atoms with E-state index in [4.69, 9.17) is 10.6 Å². The zero-order valence-corrected chi connectivity index (χ0v) is 15.7. The van der Waals surface area contributed by atoms with Crippen LogP contribution in [0.15, 0.2) is 35.2 Å². The summed E-state index contributed by atoms with van der Waals surface area (Å²) in [6.45, 7) is 8.36. The Balaban J connectivity index is 2.64. The molecule has 2 amide bonds. The van der Waals surface area contributed by atoms with Crippen molar-refractivity contribution in [1.82, 2.24) is 15.6 Å². The van der Waals surface area contributed by atoms with Crippen LogP contribution in [-0.4, -0.2) is 41.8 Å². The third-order valence-corrected chi connectivity index (χ3v) is 3.37. The summed E-state index contributed by atoms with van der Waals surface area (Å²) in [6.07, 6.45) is 3.83. The van der Waals surface area contributed by atoms with Crippen molar-refractivity contribution in [2.45, 2.75) is 40.2 Å². The molecule has 0 fully saturated rings. The first-order valence-electron chi connectivity index (χ1n) is 8.47.